The van der Waals surface area contributed by atoms with Gasteiger partial charge in [-0.15, -0.1) is 0 Å². The van der Waals surface area contributed by atoms with E-state index in [-0.39, 0.29) is 12.4 Å². The highest BCUT2D eigenvalue weighted by Gasteiger charge is 1.94. The van der Waals surface area contributed by atoms with Crippen LogP contribution in [0.3, 0.4) is 0 Å². The second-order valence-corrected chi connectivity index (χ2v) is 2.40. The Morgan fingerprint density at radius 3 is 2.58 bits per heavy atom. The van der Waals surface area contributed by atoms with E-state index in [1.807, 2.05) is 31.2 Å². The second-order valence-electron chi connectivity index (χ2n) is 2.40. The predicted molar refractivity (Wildman–Crippen MR) is 45.7 cm³/mol. The van der Waals surface area contributed by atoms with Crippen molar-refractivity contribution in [2.45, 2.75) is 6.92 Å². The van der Waals surface area contributed by atoms with Crippen molar-refractivity contribution in [2.75, 3.05) is 13.2 Å². The van der Waals surface area contributed by atoms with Crippen LogP contribution in [0.25, 0.3) is 0 Å². The molecule has 0 fully saturated rings. The summed E-state index contributed by atoms with van der Waals surface area (Å²) >= 11 is 0. The van der Waals surface area contributed by atoms with Crippen molar-refractivity contribution in [1.82, 2.24) is 0 Å². The van der Waals surface area contributed by atoms with E-state index in [0.717, 1.165) is 11.3 Å². The van der Waals surface area contributed by atoms with Crippen LogP contribution in [-0.2, 0) is 0 Å². The minimum absolute atomic E-state index is 0. The molecule has 3 heteroatoms. The first-order valence-electron chi connectivity index (χ1n) is 3.73. The molecule has 0 aliphatic rings. The van der Waals surface area contributed by atoms with Crippen LogP contribution in [-0.4, -0.2) is 13.2 Å². The third-order valence-electron chi connectivity index (χ3n) is 1.47. The van der Waals surface area contributed by atoms with Crippen LogP contribution in [0.2, 0.25) is 0 Å². The van der Waals surface area contributed by atoms with E-state index >= 15 is 0 Å². The van der Waals surface area contributed by atoms with Crippen LogP contribution < -0.4 is 22.9 Å². The number of halogens is 1. The number of aryl methyl sites for hydroxylation is 1. The van der Waals surface area contributed by atoms with Crippen molar-refractivity contribution in [2.24, 2.45) is 5.73 Å². The molecule has 1 rings (SSSR count). The van der Waals surface area contributed by atoms with E-state index in [2.05, 4.69) is 0 Å². The molecular formula is C9H13ClNO-. The van der Waals surface area contributed by atoms with Crippen LogP contribution in [0.5, 0.6) is 5.75 Å². The lowest BCUT2D eigenvalue weighted by Crippen LogP contribution is -3.00. The SMILES string of the molecule is Cc1ccccc1OCCN.[Cl-]. The first kappa shape index (κ1) is 11.3. The highest BCUT2D eigenvalue weighted by atomic mass is 35.5. The van der Waals surface area contributed by atoms with E-state index in [1.165, 1.54) is 0 Å². The molecule has 0 amide bonds. The summed E-state index contributed by atoms with van der Waals surface area (Å²) in [7, 11) is 0. The molecule has 68 valence electrons. The van der Waals surface area contributed by atoms with E-state index in [9.17, 15) is 0 Å². The number of para-hydroxylation sites is 1. The molecule has 0 aliphatic heterocycles. The zero-order valence-electron chi connectivity index (χ0n) is 7.09. The normalized spacial score (nSPS) is 8.83. The maximum Gasteiger partial charge on any atom is 0.122 e. The van der Waals surface area contributed by atoms with E-state index in [1.54, 1.807) is 0 Å². The molecule has 0 atom stereocenters. The van der Waals surface area contributed by atoms with Gasteiger partial charge in [-0.2, -0.15) is 0 Å². The monoisotopic (exact) mass is 186 g/mol. The number of nitrogens with two attached hydrogens (primary N) is 1. The fourth-order valence-electron chi connectivity index (χ4n) is 0.887. The molecule has 12 heavy (non-hydrogen) atoms. The molecular weight excluding hydrogens is 174 g/mol. The van der Waals surface area contributed by atoms with Gasteiger partial charge in [-0.3, -0.25) is 0 Å². The molecule has 0 aromatic heterocycles. The minimum atomic E-state index is 0. The van der Waals surface area contributed by atoms with Crippen molar-refractivity contribution in [3.63, 3.8) is 0 Å². The van der Waals surface area contributed by atoms with Gasteiger partial charge in [0, 0.05) is 6.54 Å². The van der Waals surface area contributed by atoms with Crippen molar-refractivity contribution < 1.29 is 17.1 Å². The highest BCUT2D eigenvalue weighted by Crippen LogP contribution is 2.15. The van der Waals surface area contributed by atoms with Gasteiger partial charge in [0.15, 0.2) is 0 Å². The van der Waals surface area contributed by atoms with Gasteiger partial charge in [-0.25, -0.2) is 0 Å². The van der Waals surface area contributed by atoms with Crippen LogP contribution in [0.15, 0.2) is 24.3 Å². The summed E-state index contributed by atoms with van der Waals surface area (Å²) in [5, 5.41) is 0. The fourth-order valence-corrected chi connectivity index (χ4v) is 0.887. The Hall–Kier alpha value is -0.730. The quantitative estimate of drug-likeness (QED) is 0.613. The zero-order valence-corrected chi connectivity index (χ0v) is 7.84. The molecule has 0 heterocycles. The lowest BCUT2D eigenvalue weighted by Gasteiger charge is -2.06. The Bertz CT molecular complexity index is 228. The van der Waals surface area contributed by atoms with Gasteiger partial charge in [0.25, 0.3) is 0 Å². The Morgan fingerprint density at radius 2 is 2.00 bits per heavy atom. The average Bonchev–Trinajstić information content (AvgIpc) is 2.03. The zero-order chi connectivity index (χ0) is 8.10. The molecule has 0 unspecified atom stereocenters. The van der Waals surface area contributed by atoms with Crippen molar-refractivity contribution in [1.29, 1.82) is 0 Å². The third kappa shape index (κ3) is 3.11. The Morgan fingerprint density at radius 1 is 1.33 bits per heavy atom. The molecule has 2 N–H and O–H groups in total. The second kappa shape index (κ2) is 5.86. The first-order chi connectivity index (χ1) is 5.34. The molecule has 0 saturated carbocycles. The molecule has 0 spiro atoms. The number of rotatable bonds is 3. The Balaban J connectivity index is 0.00000121. The summed E-state index contributed by atoms with van der Waals surface area (Å²) in [5.74, 6) is 0.929. The summed E-state index contributed by atoms with van der Waals surface area (Å²) in [6.07, 6.45) is 0. The molecule has 1 aromatic rings. The van der Waals surface area contributed by atoms with Crippen LogP contribution in [0.4, 0.5) is 0 Å². The van der Waals surface area contributed by atoms with Crippen LogP contribution in [0.1, 0.15) is 5.56 Å². The van der Waals surface area contributed by atoms with Crippen molar-refractivity contribution >= 4 is 0 Å². The van der Waals surface area contributed by atoms with E-state index in [4.69, 9.17) is 10.5 Å². The maximum absolute atomic E-state index is 5.36. The summed E-state index contributed by atoms with van der Waals surface area (Å²) in [6.45, 7) is 3.17. The smallest absolute Gasteiger partial charge is 0.122 e. The summed E-state index contributed by atoms with van der Waals surface area (Å²) in [4.78, 5) is 0. The van der Waals surface area contributed by atoms with E-state index in [0.29, 0.717) is 13.2 Å². The van der Waals surface area contributed by atoms with Crippen molar-refractivity contribution in [3.05, 3.63) is 29.8 Å². The number of hydrogen-bond donors (Lipinski definition) is 1. The number of hydrogen-bond acceptors (Lipinski definition) is 2. The maximum atomic E-state index is 5.36. The summed E-state index contributed by atoms with van der Waals surface area (Å²) in [5.41, 5.74) is 6.46. The Labute approximate surface area is 79.1 Å². The van der Waals surface area contributed by atoms with Gasteiger partial charge in [0.05, 0.1) is 0 Å². The molecule has 2 nitrogen and oxygen atoms in total. The topological polar surface area (TPSA) is 35.2 Å². The van der Waals surface area contributed by atoms with Gasteiger partial charge >= 0.3 is 0 Å². The lowest BCUT2D eigenvalue weighted by atomic mass is 10.2. The molecule has 0 aliphatic carbocycles. The molecule has 0 saturated heterocycles. The number of benzene rings is 1. The minimum Gasteiger partial charge on any atom is -1.00 e. The third-order valence-corrected chi connectivity index (χ3v) is 1.47. The fraction of sp³-hybridized carbons (Fsp3) is 0.333. The van der Waals surface area contributed by atoms with E-state index < -0.39 is 0 Å². The van der Waals surface area contributed by atoms with Gasteiger partial charge in [-0.1, -0.05) is 18.2 Å². The van der Waals surface area contributed by atoms with Gasteiger partial charge in [0.2, 0.25) is 0 Å². The summed E-state index contributed by atoms with van der Waals surface area (Å²) < 4.78 is 5.36. The highest BCUT2D eigenvalue weighted by molar-refractivity contribution is 5.31. The van der Waals surface area contributed by atoms with Gasteiger partial charge in [0.1, 0.15) is 12.4 Å². The lowest BCUT2D eigenvalue weighted by molar-refractivity contribution is -0.00000279. The Kier molecular flexibility index (Phi) is 5.51. The van der Waals surface area contributed by atoms with Crippen LogP contribution in [0, 0.1) is 6.92 Å². The van der Waals surface area contributed by atoms with Gasteiger partial charge < -0.3 is 22.9 Å². The largest absolute Gasteiger partial charge is 1.00 e. The standard InChI is InChI=1S/C9H13NO.ClH/c1-8-4-2-3-5-9(8)11-7-6-10;/h2-5H,6-7,10H2,1H3;1H/p-1. The average molecular weight is 187 g/mol. The summed E-state index contributed by atoms with van der Waals surface area (Å²) in [6, 6.07) is 7.92. The van der Waals surface area contributed by atoms with Crippen molar-refractivity contribution in [3.8, 4) is 5.75 Å². The molecule has 0 radical (unpaired) electrons. The first-order valence-corrected chi connectivity index (χ1v) is 3.73. The predicted octanol–water partition coefficient (Wildman–Crippen LogP) is -1.66. The molecule has 0 bridgehead atoms. The van der Waals surface area contributed by atoms with Crippen LogP contribution >= 0.6 is 0 Å². The van der Waals surface area contributed by atoms with Gasteiger partial charge in [-0.05, 0) is 18.6 Å². The molecule has 1 aromatic carbocycles. The number of ether oxygens (including phenoxy) is 1.